The highest BCUT2D eigenvalue weighted by atomic mass is 79.9. The van der Waals surface area contributed by atoms with Crippen LogP contribution in [0.2, 0.25) is 0 Å². The van der Waals surface area contributed by atoms with Crippen molar-refractivity contribution in [1.82, 2.24) is 9.55 Å². The number of aryl methyl sites for hydroxylation is 2. The molecule has 104 valence electrons. The third kappa shape index (κ3) is 2.68. The van der Waals surface area contributed by atoms with Crippen molar-refractivity contribution in [3.05, 3.63) is 43.8 Å². The lowest BCUT2D eigenvalue weighted by Crippen LogP contribution is -2.00. The average molecular weight is 369 g/mol. The smallest absolute Gasteiger partial charge is 0.178 e. The number of hydrogen-bond donors (Lipinski definition) is 1. The number of aromatic amines is 1. The standard InChI is InChI=1S/C14H13BrN2OS2/c1-18-9-2-4-11-12(8-9)17(14(19)16-11)7-6-10-3-5-13(15)20-10/h2-5,8H,6-7H2,1H3,(H,16,19). The second-order valence-corrected chi connectivity index (χ2v) is 7.35. The summed E-state index contributed by atoms with van der Waals surface area (Å²) in [5.74, 6) is 0.846. The summed E-state index contributed by atoms with van der Waals surface area (Å²) in [5.41, 5.74) is 2.13. The van der Waals surface area contributed by atoms with Crippen LogP contribution in [-0.2, 0) is 13.0 Å². The van der Waals surface area contributed by atoms with E-state index in [9.17, 15) is 0 Å². The molecule has 0 saturated heterocycles. The fourth-order valence-electron chi connectivity index (χ4n) is 2.19. The van der Waals surface area contributed by atoms with Gasteiger partial charge in [-0.2, -0.15) is 0 Å². The highest BCUT2D eigenvalue weighted by Gasteiger charge is 2.07. The van der Waals surface area contributed by atoms with E-state index in [1.165, 1.54) is 4.88 Å². The molecule has 0 amide bonds. The van der Waals surface area contributed by atoms with Gasteiger partial charge in [-0.3, -0.25) is 0 Å². The maximum atomic E-state index is 5.41. The van der Waals surface area contributed by atoms with Gasteiger partial charge >= 0.3 is 0 Å². The van der Waals surface area contributed by atoms with E-state index in [0.29, 0.717) is 0 Å². The average Bonchev–Trinajstić information content (AvgIpc) is 2.98. The molecule has 0 saturated carbocycles. The van der Waals surface area contributed by atoms with Gasteiger partial charge < -0.3 is 14.3 Å². The Morgan fingerprint density at radius 2 is 2.20 bits per heavy atom. The molecule has 2 aromatic heterocycles. The van der Waals surface area contributed by atoms with Crippen molar-refractivity contribution in [2.24, 2.45) is 0 Å². The largest absolute Gasteiger partial charge is 0.497 e. The molecule has 0 aliphatic rings. The molecule has 20 heavy (non-hydrogen) atoms. The van der Waals surface area contributed by atoms with E-state index in [0.717, 1.165) is 38.3 Å². The van der Waals surface area contributed by atoms with Gasteiger partial charge in [0, 0.05) is 17.5 Å². The first-order valence-electron chi connectivity index (χ1n) is 6.18. The fourth-order valence-corrected chi connectivity index (χ4v) is 3.96. The van der Waals surface area contributed by atoms with E-state index >= 15 is 0 Å². The molecule has 0 unspecified atom stereocenters. The molecule has 6 heteroatoms. The maximum absolute atomic E-state index is 5.41. The van der Waals surface area contributed by atoms with Crippen molar-refractivity contribution in [1.29, 1.82) is 0 Å². The SMILES string of the molecule is COc1ccc2[nH]c(=S)n(CCc3ccc(Br)s3)c2c1. The van der Waals surface area contributed by atoms with Crippen LogP contribution in [0.1, 0.15) is 4.88 Å². The second-order valence-electron chi connectivity index (χ2n) is 4.42. The lowest BCUT2D eigenvalue weighted by Gasteiger charge is -2.05. The van der Waals surface area contributed by atoms with E-state index in [1.54, 1.807) is 18.4 Å². The van der Waals surface area contributed by atoms with Crippen LogP contribution in [0.4, 0.5) is 0 Å². The van der Waals surface area contributed by atoms with Crippen molar-refractivity contribution in [3.63, 3.8) is 0 Å². The number of nitrogens with zero attached hydrogens (tertiary/aromatic N) is 1. The Bertz CT molecular complexity index is 803. The van der Waals surface area contributed by atoms with Crippen molar-refractivity contribution < 1.29 is 4.74 Å². The summed E-state index contributed by atoms with van der Waals surface area (Å²) in [5, 5.41) is 0. The Kier molecular flexibility index (Phi) is 3.96. The van der Waals surface area contributed by atoms with Crippen molar-refractivity contribution in [3.8, 4) is 5.75 Å². The minimum absolute atomic E-state index is 0.754. The zero-order valence-corrected chi connectivity index (χ0v) is 14.1. The fraction of sp³-hybridized carbons (Fsp3) is 0.214. The Balaban J connectivity index is 1.93. The quantitative estimate of drug-likeness (QED) is 0.671. The number of H-pyrrole nitrogens is 1. The molecule has 0 aliphatic heterocycles. The second kappa shape index (κ2) is 5.71. The lowest BCUT2D eigenvalue weighted by atomic mass is 10.3. The van der Waals surface area contributed by atoms with Gasteiger partial charge in [-0.1, -0.05) is 0 Å². The number of ether oxygens (including phenoxy) is 1. The molecule has 3 nitrogen and oxygen atoms in total. The first-order valence-corrected chi connectivity index (χ1v) is 8.20. The zero-order valence-electron chi connectivity index (χ0n) is 10.9. The number of hydrogen-bond acceptors (Lipinski definition) is 3. The van der Waals surface area contributed by atoms with Gasteiger partial charge in [0.2, 0.25) is 0 Å². The van der Waals surface area contributed by atoms with Gasteiger partial charge in [-0.05, 0) is 58.8 Å². The van der Waals surface area contributed by atoms with Gasteiger partial charge in [-0.25, -0.2) is 0 Å². The minimum atomic E-state index is 0.754. The lowest BCUT2D eigenvalue weighted by molar-refractivity contribution is 0.415. The normalized spacial score (nSPS) is 11.1. The molecule has 0 fully saturated rings. The van der Waals surface area contributed by atoms with Gasteiger partial charge in [0.15, 0.2) is 4.77 Å². The number of benzene rings is 1. The molecule has 2 heterocycles. The molecule has 3 rings (SSSR count). The molecule has 0 spiro atoms. The number of halogens is 1. The van der Waals surface area contributed by atoms with E-state index in [4.69, 9.17) is 17.0 Å². The summed E-state index contributed by atoms with van der Waals surface area (Å²) in [4.78, 5) is 4.58. The van der Waals surface area contributed by atoms with Crippen molar-refractivity contribution >= 4 is 50.5 Å². The topological polar surface area (TPSA) is 29.9 Å². The van der Waals surface area contributed by atoms with E-state index < -0.39 is 0 Å². The molecule has 0 bridgehead atoms. The monoisotopic (exact) mass is 368 g/mol. The number of methoxy groups -OCH3 is 1. The summed E-state index contributed by atoms with van der Waals surface area (Å²) in [6.07, 6.45) is 0.967. The summed E-state index contributed by atoms with van der Waals surface area (Å²) >= 11 is 10.7. The van der Waals surface area contributed by atoms with Crippen LogP contribution >= 0.6 is 39.5 Å². The molecular weight excluding hydrogens is 356 g/mol. The predicted molar refractivity (Wildman–Crippen MR) is 89.4 cm³/mol. The number of thiophene rings is 1. The maximum Gasteiger partial charge on any atom is 0.178 e. The van der Waals surface area contributed by atoms with Gasteiger partial charge in [0.05, 0.1) is 21.9 Å². The minimum Gasteiger partial charge on any atom is -0.497 e. The van der Waals surface area contributed by atoms with Crippen LogP contribution in [0, 0.1) is 4.77 Å². The molecule has 0 radical (unpaired) electrons. The molecular formula is C14H13BrN2OS2. The number of fused-ring (bicyclic) bond motifs is 1. The molecule has 3 aromatic rings. The van der Waals surface area contributed by atoms with Gasteiger partial charge in [-0.15, -0.1) is 11.3 Å². The van der Waals surface area contributed by atoms with Crippen LogP contribution in [0.15, 0.2) is 34.1 Å². The number of imidazole rings is 1. The summed E-state index contributed by atoms with van der Waals surface area (Å²) in [7, 11) is 1.68. The molecule has 0 atom stereocenters. The van der Waals surface area contributed by atoms with Crippen molar-refractivity contribution in [2.75, 3.05) is 7.11 Å². The predicted octanol–water partition coefficient (Wildman–Crippen LogP) is 4.77. The first kappa shape index (κ1) is 13.9. The van der Waals surface area contributed by atoms with Crippen LogP contribution < -0.4 is 4.74 Å². The van der Waals surface area contributed by atoms with Crippen LogP contribution in [-0.4, -0.2) is 16.7 Å². The van der Waals surface area contributed by atoms with Gasteiger partial charge in [0.25, 0.3) is 0 Å². The molecule has 1 aromatic carbocycles. The summed E-state index contributed by atoms with van der Waals surface area (Å²) < 4.78 is 9.33. The number of aromatic nitrogens is 2. The third-order valence-electron chi connectivity index (χ3n) is 3.19. The van der Waals surface area contributed by atoms with Crippen LogP contribution in [0.5, 0.6) is 5.75 Å². The van der Waals surface area contributed by atoms with Crippen LogP contribution in [0.3, 0.4) is 0 Å². The highest BCUT2D eigenvalue weighted by molar-refractivity contribution is 9.11. The Labute approximate surface area is 134 Å². The Hall–Kier alpha value is -1.11. The third-order valence-corrected chi connectivity index (χ3v) is 5.20. The Morgan fingerprint density at radius 1 is 1.35 bits per heavy atom. The number of rotatable bonds is 4. The van der Waals surface area contributed by atoms with Gasteiger partial charge in [0.1, 0.15) is 5.75 Å². The van der Waals surface area contributed by atoms with Crippen LogP contribution in [0.25, 0.3) is 11.0 Å². The van der Waals surface area contributed by atoms with E-state index in [1.807, 2.05) is 18.2 Å². The van der Waals surface area contributed by atoms with E-state index in [2.05, 4.69) is 37.6 Å². The van der Waals surface area contributed by atoms with E-state index in [-0.39, 0.29) is 0 Å². The Morgan fingerprint density at radius 3 is 2.90 bits per heavy atom. The highest BCUT2D eigenvalue weighted by Crippen LogP contribution is 2.24. The van der Waals surface area contributed by atoms with Crippen molar-refractivity contribution in [2.45, 2.75) is 13.0 Å². The zero-order chi connectivity index (χ0) is 14.1. The summed E-state index contributed by atoms with van der Waals surface area (Å²) in [6, 6.07) is 10.2. The number of nitrogens with one attached hydrogen (secondary N) is 1. The molecule has 1 N–H and O–H groups in total. The molecule has 0 aliphatic carbocycles. The summed E-state index contributed by atoms with van der Waals surface area (Å²) in [6.45, 7) is 0.860. The first-order chi connectivity index (χ1) is 9.67.